The monoisotopic (exact) mass is 229 g/mol. The van der Waals surface area contributed by atoms with Gasteiger partial charge in [0.25, 0.3) is 5.91 Å². The average Bonchev–Trinajstić information content (AvgIpc) is 2.65. The summed E-state index contributed by atoms with van der Waals surface area (Å²) in [4.78, 5) is 25.6. The second-order valence-electron chi connectivity index (χ2n) is 2.82. The van der Waals surface area contributed by atoms with Crippen LogP contribution in [0.2, 0.25) is 0 Å². The van der Waals surface area contributed by atoms with Gasteiger partial charge in [0.1, 0.15) is 6.54 Å². The normalized spacial score (nSPS) is 10.1. The molecule has 0 saturated heterocycles. The van der Waals surface area contributed by atoms with Crippen LogP contribution in [0.1, 0.15) is 5.69 Å². The molecule has 0 atom stereocenters. The maximum absolute atomic E-state index is 11.1. The first-order valence-corrected chi connectivity index (χ1v) is 4.33. The van der Waals surface area contributed by atoms with E-state index >= 15 is 0 Å². The minimum absolute atomic E-state index is 0.118. The molecule has 9 heteroatoms. The highest BCUT2D eigenvalue weighted by Gasteiger charge is 2.06. The third-order valence-corrected chi connectivity index (χ3v) is 1.48. The molecule has 1 aromatic rings. The number of nitrogens with two attached hydrogens (primary N) is 1. The fourth-order valence-corrected chi connectivity index (χ4v) is 0.867. The van der Waals surface area contributed by atoms with Gasteiger partial charge in [0.2, 0.25) is 0 Å². The molecule has 0 radical (unpaired) electrons. The topological polar surface area (TPSA) is 132 Å². The maximum atomic E-state index is 11.1. The van der Waals surface area contributed by atoms with Gasteiger partial charge >= 0.3 is 5.97 Å². The largest absolute Gasteiger partial charge is 0.479 e. The molecule has 16 heavy (non-hydrogen) atoms. The Balaban J connectivity index is 2.31. The maximum Gasteiger partial charge on any atom is 0.332 e. The number of carboxylic acid groups (broad SMARTS) is 1. The molecule has 0 bridgehead atoms. The van der Waals surface area contributed by atoms with Gasteiger partial charge in [-0.25, -0.2) is 15.0 Å². The number of carboxylic acids is 1. The molecule has 0 saturated carbocycles. The van der Waals surface area contributed by atoms with E-state index in [0.717, 1.165) is 0 Å². The summed E-state index contributed by atoms with van der Waals surface area (Å²) in [7, 11) is 0. The van der Waals surface area contributed by atoms with Crippen LogP contribution in [-0.2, 0) is 27.5 Å². The number of rotatable bonds is 6. The molecule has 4 N–H and O–H groups in total. The molecule has 1 amide bonds. The third kappa shape index (κ3) is 4.02. The molecule has 0 aromatic carbocycles. The van der Waals surface area contributed by atoms with Crippen molar-refractivity contribution >= 4 is 11.9 Å². The summed E-state index contributed by atoms with van der Waals surface area (Å²) in [6, 6.07) is 0. The SMILES string of the molecule is NCc1cn(CC(=O)NOCC(=O)O)nn1. The van der Waals surface area contributed by atoms with E-state index in [1.54, 1.807) is 0 Å². The summed E-state index contributed by atoms with van der Waals surface area (Å²) in [6.45, 7) is -0.485. The van der Waals surface area contributed by atoms with Crippen molar-refractivity contribution in [1.29, 1.82) is 0 Å². The highest BCUT2D eigenvalue weighted by Crippen LogP contribution is 1.90. The zero-order valence-electron chi connectivity index (χ0n) is 8.29. The molecule has 0 spiro atoms. The number of nitrogens with one attached hydrogen (secondary N) is 1. The van der Waals surface area contributed by atoms with Gasteiger partial charge in [0.15, 0.2) is 6.61 Å². The van der Waals surface area contributed by atoms with Crippen molar-refractivity contribution in [2.45, 2.75) is 13.1 Å². The second kappa shape index (κ2) is 5.78. The number of hydrogen-bond acceptors (Lipinski definition) is 6. The van der Waals surface area contributed by atoms with Gasteiger partial charge in [0.05, 0.1) is 11.9 Å². The molecule has 0 aliphatic heterocycles. The number of aliphatic carboxylic acids is 1. The van der Waals surface area contributed by atoms with E-state index in [-0.39, 0.29) is 13.1 Å². The summed E-state index contributed by atoms with van der Waals surface area (Å²) in [5.41, 5.74) is 7.81. The van der Waals surface area contributed by atoms with Crippen molar-refractivity contribution in [3.8, 4) is 0 Å². The standard InChI is InChI=1S/C7H11N5O4/c8-1-5-2-12(11-9-5)3-6(13)10-16-4-7(14)15/h2H,1,3-4,8H2,(H,10,13)(H,14,15). The molecule has 0 aliphatic carbocycles. The first-order valence-electron chi connectivity index (χ1n) is 4.33. The molecule has 0 aliphatic rings. The zero-order chi connectivity index (χ0) is 12.0. The number of nitrogens with zero attached hydrogens (tertiary/aromatic N) is 3. The van der Waals surface area contributed by atoms with Crippen molar-refractivity contribution in [3.63, 3.8) is 0 Å². The first-order chi connectivity index (χ1) is 7.61. The number of hydroxylamine groups is 1. The van der Waals surface area contributed by atoms with Crippen LogP contribution in [0.4, 0.5) is 0 Å². The number of carbonyl (C=O) groups excluding carboxylic acids is 1. The Morgan fingerprint density at radius 3 is 2.94 bits per heavy atom. The predicted octanol–water partition coefficient (Wildman–Crippen LogP) is -2.13. The van der Waals surface area contributed by atoms with Crippen LogP contribution in [0.15, 0.2) is 6.20 Å². The van der Waals surface area contributed by atoms with Crippen molar-refractivity contribution in [3.05, 3.63) is 11.9 Å². The average molecular weight is 229 g/mol. The van der Waals surface area contributed by atoms with Gasteiger partial charge in [-0.3, -0.25) is 9.63 Å². The summed E-state index contributed by atoms with van der Waals surface area (Å²) in [5.74, 6) is -1.71. The van der Waals surface area contributed by atoms with E-state index < -0.39 is 18.5 Å². The lowest BCUT2D eigenvalue weighted by atomic mass is 10.5. The van der Waals surface area contributed by atoms with E-state index in [2.05, 4.69) is 15.1 Å². The predicted molar refractivity (Wildman–Crippen MR) is 49.6 cm³/mol. The number of carbonyl (C=O) groups is 2. The molecule has 1 aromatic heterocycles. The van der Waals surface area contributed by atoms with Crippen LogP contribution in [0.25, 0.3) is 0 Å². The molecule has 0 fully saturated rings. The molecule has 0 unspecified atom stereocenters. The summed E-state index contributed by atoms with van der Waals surface area (Å²) in [5, 5.41) is 15.5. The van der Waals surface area contributed by atoms with Crippen LogP contribution < -0.4 is 11.2 Å². The van der Waals surface area contributed by atoms with Gasteiger partial charge in [-0.05, 0) is 0 Å². The molecule has 9 nitrogen and oxygen atoms in total. The van der Waals surface area contributed by atoms with Gasteiger partial charge in [-0.15, -0.1) is 5.10 Å². The number of amides is 1. The fourth-order valence-electron chi connectivity index (χ4n) is 0.867. The minimum Gasteiger partial charge on any atom is -0.479 e. The van der Waals surface area contributed by atoms with Crippen LogP contribution in [0, 0.1) is 0 Å². The van der Waals surface area contributed by atoms with Gasteiger partial charge < -0.3 is 10.8 Å². The van der Waals surface area contributed by atoms with Crippen LogP contribution in [0.5, 0.6) is 0 Å². The quantitative estimate of drug-likeness (QED) is 0.474. The highest BCUT2D eigenvalue weighted by atomic mass is 16.7. The third-order valence-electron chi connectivity index (χ3n) is 1.48. The zero-order valence-corrected chi connectivity index (χ0v) is 8.29. The van der Waals surface area contributed by atoms with Gasteiger partial charge in [-0.1, -0.05) is 5.21 Å². The summed E-state index contributed by atoms with van der Waals surface area (Å²) >= 11 is 0. The molecule has 1 heterocycles. The Morgan fingerprint density at radius 2 is 2.38 bits per heavy atom. The van der Waals surface area contributed by atoms with E-state index in [1.165, 1.54) is 10.9 Å². The van der Waals surface area contributed by atoms with Gasteiger partial charge in [-0.2, -0.15) is 0 Å². The fraction of sp³-hybridized carbons (Fsp3) is 0.429. The Labute approximate surface area is 90.1 Å². The molecule has 1 rings (SSSR count). The van der Waals surface area contributed by atoms with Crippen LogP contribution >= 0.6 is 0 Å². The summed E-state index contributed by atoms with van der Waals surface area (Å²) < 4.78 is 1.27. The number of aromatic nitrogens is 3. The van der Waals surface area contributed by atoms with Crippen LogP contribution in [-0.4, -0.2) is 38.6 Å². The number of hydrogen-bond donors (Lipinski definition) is 3. The highest BCUT2D eigenvalue weighted by molar-refractivity contribution is 5.75. The minimum atomic E-state index is -1.17. The lowest BCUT2D eigenvalue weighted by Crippen LogP contribution is -2.30. The lowest BCUT2D eigenvalue weighted by molar-refractivity contribution is -0.149. The first kappa shape index (κ1) is 12.1. The lowest BCUT2D eigenvalue weighted by Gasteiger charge is -2.02. The Kier molecular flexibility index (Phi) is 4.36. The van der Waals surface area contributed by atoms with Crippen molar-refractivity contribution in [2.24, 2.45) is 5.73 Å². The molecular weight excluding hydrogens is 218 g/mol. The van der Waals surface area contributed by atoms with Crippen molar-refractivity contribution in [2.75, 3.05) is 6.61 Å². The van der Waals surface area contributed by atoms with E-state index in [1.807, 2.05) is 5.48 Å². The van der Waals surface area contributed by atoms with E-state index in [4.69, 9.17) is 10.8 Å². The Morgan fingerprint density at radius 1 is 1.62 bits per heavy atom. The Bertz CT molecular complexity index is 377. The second-order valence-corrected chi connectivity index (χ2v) is 2.82. The van der Waals surface area contributed by atoms with E-state index in [9.17, 15) is 9.59 Å². The van der Waals surface area contributed by atoms with Crippen molar-refractivity contribution < 1.29 is 19.5 Å². The van der Waals surface area contributed by atoms with Crippen LogP contribution in [0.3, 0.4) is 0 Å². The smallest absolute Gasteiger partial charge is 0.332 e. The van der Waals surface area contributed by atoms with Crippen molar-refractivity contribution in [1.82, 2.24) is 20.5 Å². The molecular formula is C7H11N5O4. The Hall–Kier alpha value is -2.00. The summed E-state index contributed by atoms with van der Waals surface area (Å²) in [6.07, 6.45) is 1.51. The van der Waals surface area contributed by atoms with E-state index in [0.29, 0.717) is 5.69 Å². The van der Waals surface area contributed by atoms with Gasteiger partial charge in [0, 0.05) is 6.54 Å². The molecule has 88 valence electrons.